The summed E-state index contributed by atoms with van der Waals surface area (Å²) in [5.74, 6) is 0.769. The summed E-state index contributed by atoms with van der Waals surface area (Å²) in [6.07, 6.45) is 0. The number of hydrogen-bond acceptors (Lipinski definition) is 2. The SMILES string of the molecule is COc1ccc(Cl)cc1-c1cc(C)[nH]n1. The summed E-state index contributed by atoms with van der Waals surface area (Å²) in [6, 6.07) is 7.43. The highest BCUT2D eigenvalue weighted by Gasteiger charge is 2.09. The number of hydrogen-bond donors (Lipinski definition) is 1. The molecule has 0 fully saturated rings. The fraction of sp³-hybridized carbons (Fsp3) is 0.182. The van der Waals surface area contributed by atoms with Crippen molar-refractivity contribution in [2.75, 3.05) is 7.11 Å². The van der Waals surface area contributed by atoms with Crippen LogP contribution in [0.15, 0.2) is 24.3 Å². The van der Waals surface area contributed by atoms with Gasteiger partial charge in [-0.3, -0.25) is 5.10 Å². The van der Waals surface area contributed by atoms with E-state index >= 15 is 0 Å². The molecular formula is C11H11ClN2O. The topological polar surface area (TPSA) is 37.9 Å². The number of nitrogens with one attached hydrogen (secondary N) is 1. The molecule has 1 heterocycles. The molecule has 0 aliphatic rings. The number of ether oxygens (including phenoxy) is 1. The molecule has 0 spiro atoms. The van der Waals surface area contributed by atoms with Crippen LogP contribution < -0.4 is 4.74 Å². The molecule has 0 saturated carbocycles. The maximum absolute atomic E-state index is 5.94. The van der Waals surface area contributed by atoms with E-state index in [1.165, 1.54) is 0 Å². The first kappa shape index (κ1) is 10.1. The normalized spacial score (nSPS) is 10.3. The Kier molecular flexibility index (Phi) is 2.64. The van der Waals surface area contributed by atoms with Crippen molar-refractivity contribution in [3.05, 3.63) is 35.0 Å². The van der Waals surface area contributed by atoms with E-state index in [9.17, 15) is 0 Å². The number of rotatable bonds is 2. The molecule has 0 aliphatic carbocycles. The summed E-state index contributed by atoms with van der Waals surface area (Å²) in [5.41, 5.74) is 2.74. The van der Waals surface area contributed by atoms with E-state index in [1.54, 1.807) is 13.2 Å². The van der Waals surface area contributed by atoms with Gasteiger partial charge in [-0.15, -0.1) is 0 Å². The minimum atomic E-state index is 0.673. The van der Waals surface area contributed by atoms with Crippen molar-refractivity contribution in [2.24, 2.45) is 0 Å². The van der Waals surface area contributed by atoms with Gasteiger partial charge >= 0.3 is 0 Å². The van der Waals surface area contributed by atoms with E-state index in [1.807, 2.05) is 25.1 Å². The number of methoxy groups -OCH3 is 1. The Bertz CT molecular complexity index is 479. The van der Waals surface area contributed by atoms with Crippen LogP contribution >= 0.6 is 11.6 Å². The fourth-order valence-electron chi connectivity index (χ4n) is 1.44. The van der Waals surface area contributed by atoms with E-state index in [2.05, 4.69) is 10.2 Å². The van der Waals surface area contributed by atoms with Gasteiger partial charge in [0.25, 0.3) is 0 Å². The summed E-state index contributed by atoms with van der Waals surface area (Å²) in [6.45, 7) is 1.95. The van der Waals surface area contributed by atoms with E-state index in [0.717, 1.165) is 22.7 Å². The molecule has 1 aromatic heterocycles. The molecule has 2 aromatic rings. The lowest BCUT2D eigenvalue weighted by Crippen LogP contribution is -1.87. The Morgan fingerprint density at radius 1 is 1.33 bits per heavy atom. The number of aromatic amines is 1. The van der Waals surface area contributed by atoms with E-state index < -0.39 is 0 Å². The quantitative estimate of drug-likeness (QED) is 0.848. The van der Waals surface area contributed by atoms with Gasteiger partial charge in [0.2, 0.25) is 0 Å². The molecule has 0 radical (unpaired) electrons. The summed E-state index contributed by atoms with van der Waals surface area (Å²) < 4.78 is 5.25. The summed E-state index contributed by atoms with van der Waals surface area (Å²) in [5, 5.41) is 7.73. The molecule has 0 atom stereocenters. The lowest BCUT2D eigenvalue weighted by Gasteiger charge is -2.05. The molecule has 3 nitrogen and oxygen atoms in total. The molecular weight excluding hydrogens is 212 g/mol. The molecule has 0 unspecified atom stereocenters. The highest BCUT2D eigenvalue weighted by atomic mass is 35.5. The third-order valence-corrected chi connectivity index (χ3v) is 2.38. The van der Waals surface area contributed by atoms with Crippen molar-refractivity contribution in [1.29, 1.82) is 0 Å². The third-order valence-electron chi connectivity index (χ3n) is 2.14. The average Bonchev–Trinajstić information content (AvgIpc) is 2.65. The molecule has 1 aromatic carbocycles. The van der Waals surface area contributed by atoms with Gasteiger partial charge in [-0.1, -0.05) is 11.6 Å². The Balaban J connectivity index is 2.55. The minimum absolute atomic E-state index is 0.673. The van der Waals surface area contributed by atoms with Gasteiger partial charge in [-0.2, -0.15) is 5.10 Å². The van der Waals surface area contributed by atoms with Crippen LogP contribution in [0.5, 0.6) is 5.75 Å². The molecule has 0 aliphatic heterocycles. The summed E-state index contributed by atoms with van der Waals surface area (Å²) in [4.78, 5) is 0. The number of benzene rings is 1. The van der Waals surface area contributed by atoms with Crippen LogP contribution in [-0.4, -0.2) is 17.3 Å². The fourth-order valence-corrected chi connectivity index (χ4v) is 1.61. The molecule has 2 rings (SSSR count). The Morgan fingerprint density at radius 2 is 2.13 bits per heavy atom. The zero-order valence-electron chi connectivity index (χ0n) is 8.54. The van der Waals surface area contributed by atoms with E-state index in [-0.39, 0.29) is 0 Å². The zero-order chi connectivity index (χ0) is 10.8. The summed E-state index contributed by atoms with van der Waals surface area (Å²) >= 11 is 5.94. The number of H-pyrrole nitrogens is 1. The Morgan fingerprint density at radius 3 is 2.73 bits per heavy atom. The van der Waals surface area contributed by atoms with Crippen LogP contribution in [0.25, 0.3) is 11.3 Å². The maximum Gasteiger partial charge on any atom is 0.128 e. The lowest BCUT2D eigenvalue weighted by molar-refractivity contribution is 0.416. The van der Waals surface area contributed by atoms with Crippen LogP contribution in [0, 0.1) is 6.92 Å². The van der Waals surface area contributed by atoms with Crippen molar-refractivity contribution in [2.45, 2.75) is 6.92 Å². The van der Waals surface area contributed by atoms with Crippen LogP contribution in [0.1, 0.15) is 5.69 Å². The Labute approximate surface area is 93.0 Å². The first-order valence-electron chi connectivity index (χ1n) is 4.56. The maximum atomic E-state index is 5.94. The second-order valence-electron chi connectivity index (χ2n) is 3.28. The highest BCUT2D eigenvalue weighted by molar-refractivity contribution is 6.30. The molecule has 0 amide bonds. The van der Waals surface area contributed by atoms with Crippen molar-refractivity contribution in [1.82, 2.24) is 10.2 Å². The smallest absolute Gasteiger partial charge is 0.128 e. The predicted octanol–water partition coefficient (Wildman–Crippen LogP) is 3.05. The first-order chi connectivity index (χ1) is 7.20. The number of halogens is 1. The molecule has 0 bridgehead atoms. The standard InChI is InChI=1S/C11H11ClN2O/c1-7-5-10(14-13-7)9-6-8(12)3-4-11(9)15-2/h3-6H,1-2H3,(H,13,14). The van der Waals surface area contributed by atoms with Gasteiger partial charge < -0.3 is 4.74 Å². The van der Waals surface area contributed by atoms with Crippen molar-refractivity contribution in [3.8, 4) is 17.0 Å². The molecule has 15 heavy (non-hydrogen) atoms. The van der Waals surface area contributed by atoms with Crippen molar-refractivity contribution in [3.63, 3.8) is 0 Å². The van der Waals surface area contributed by atoms with Gasteiger partial charge in [0.05, 0.1) is 12.8 Å². The average molecular weight is 223 g/mol. The molecule has 0 saturated heterocycles. The van der Waals surface area contributed by atoms with Gasteiger partial charge in [-0.25, -0.2) is 0 Å². The van der Waals surface area contributed by atoms with Gasteiger partial charge in [0.15, 0.2) is 0 Å². The third kappa shape index (κ3) is 1.97. The number of aromatic nitrogens is 2. The van der Waals surface area contributed by atoms with Crippen molar-refractivity contribution < 1.29 is 4.74 Å². The number of nitrogens with zero attached hydrogens (tertiary/aromatic N) is 1. The van der Waals surface area contributed by atoms with Crippen LogP contribution in [-0.2, 0) is 0 Å². The van der Waals surface area contributed by atoms with Crippen LogP contribution in [0.4, 0.5) is 0 Å². The number of aryl methyl sites for hydroxylation is 1. The first-order valence-corrected chi connectivity index (χ1v) is 4.94. The Hall–Kier alpha value is -1.48. The second kappa shape index (κ2) is 3.95. The predicted molar refractivity (Wildman–Crippen MR) is 60.3 cm³/mol. The summed E-state index contributed by atoms with van der Waals surface area (Å²) in [7, 11) is 1.63. The molecule has 78 valence electrons. The van der Waals surface area contributed by atoms with Crippen LogP contribution in [0.3, 0.4) is 0 Å². The molecule has 1 N–H and O–H groups in total. The van der Waals surface area contributed by atoms with Gasteiger partial charge in [0, 0.05) is 16.3 Å². The minimum Gasteiger partial charge on any atom is -0.496 e. The monoisotopic (exact) mass is 222 g/mol. The highest BCUT2D eigenvalue weighted by Crippen LogP contribution is 2.31. The lowest BCUT2D eigenvalue weighted by atomic mass is 10.1. The van der Waals surface area contributed by atoms with E-state index in [0.29, 0.717) is 5.02 Å². The molecule has 4 heteroatoms. The second-order valence-corrected chi connectivity index (χ2v) is 3.72. The largest absolute Gasteiger partial charge is 0.496 e. The van der Waals surface area contributed by atoms with Gasteiger partial charge in [0.1, 0.15) is 5.75 Å². The van der Waals surface area contributed by atoms with Crippen LogP contribution in [0.2, 0.25) is 5.02 Å². The van der Waals surface area contributed by atoms with Gasteiger partial charge in [-0.05, 0) is 31.2 Å². The van der Waals surface area contributed by atoms with Crippen molar-refractivity contribution >= 4 is 11.6 Å². The zero-order valence-corrected chi connectivity index (χ0v) is 9.30. The van der Waals surface area contributed by atoms with E-state index in [4.69, 9.17) is 16.3 Å².